The number of carbonyl (C=O) groups excluding carboxylic acids is 4. The summed E-state index contributed by atoms with van der Waals surface area (Å²) >= 11 is 2.52. The first-order chi connectivity index (χ1) is 25.3. The van der Waals surface area contributed by atoms with Crippen molar-refractivity contribution in [3.63, 3.8) is 0 Å². The molecule has 4 N–H and O–H groups in total. The zero-order valence-electron chi connectivity index (χ0n) is 30.8. The lowest BCUT2D eigenvalue weighted by atomic mass is 9.98. The molecule has 0 saturated carbocycles. The summed E-state index contributed by atoms with van der Waals surface area (Å²) in [4.78, 5) is 73.3. The number of hydrogen-bond donors (Lipinski definition) is 4. The number of thiazole rings is 2. The number of rotatable bonds is 5. The summed E-state index contributed by atoms with van der Waals surface area (Å²) in [5.74, 6) is -1.27. The van der Waals surface area contributed by atoms with E-state index in [-0.39, 0.29) is 46.8 Å². The first-order valence-corrected chi connectivity index (χ1v) is 19.7. The average Bonchev–Trinajstić information content (AvgIpc) is 3.95. The Bertz CT molecular complexity index is 1890. The predicted molar refractivity (Wildman–Crippen MR) is 202 cm³/mol. The van der Waals surface area contributed by atoms with Gasteiger partial charge in [-0.1, -0.05) is 64.4 Å². The van der Waals surface area contributed by atoms with Crippen LogP contribution in [0.15, 0.2) is 51.1 Å². The molecule has 3 aliphatic rings. The van der Waals surface area contributed by atoms with Gasteiger partial charge in [0.15, 0.2) is 12.1 Å². The SMILES string of the molecule is CC[C@H](C)[C@@H]1NC(=O)c2csc(n2)[C@@H](C)NC(=O)[C@H]2N=C(O[C@@H]2C)[C@H](C(C)C)NC(=O)c2csc(n2)[C@@H](Cc2ccccc2)NC(=O)[C@H]2N=C1O[C@@H]2C. The lowest BCUT2D eigenvalue weighted by molar-refractivity contribution is -0.125. The number of fused-ring (bicyclic) bond motifs is 6. The molecular formula is C37H46N8O6S2. The van der Waals surface area contributed by atoms with Crippen LogP contribution in [0.25, 0.3) is 0 Å². The Morgan fingerprint density at radius 1 is 0.717 bits per heavy atom. The third-order valence-electron chi connectivity index (χ3n) is 9.69. The molecule has 0 unspecified atom stereocenters. The zero-order chi connectivity index (χ0) is 38.0. The number of aromatic nitrogens is 2. The number of ether oxygens (including phenoxy) is 2. The monoisotopic (exact) mass is 762 g/mol. The summed E-state index contributed by atoms with van der Waals surface area (Å²) in [5, 5.41) is 16.5. The van der Waals surface area contributed by atoms with E-state index < -0.39 is 60.3 Å². The van der Waals surface area contributed by atoms with Crippen LogP contribution in [0.2, 0.25) is 0 Å². The lowest BCUT2D eigenvalue weighted by Gasteiger charge is -2.24. The van der Waals surface area contributed by atoms with Crippen molar-refractivity contribution in [1.82, 2.24) is 31.2 Å². The maximum Gasteiger partial charge on any atom is 0.271 e. The van der Waals surface area contributed by atoms with Gasteiger partial charge in [-0.15, -0.1) is 22.7 Å². The molecule has 14 nitrogen and oxygen atoms in total. The molecule has 0 fully saturated rings. The molecule has 4 amide bonds. The van der Waals surface area contributed by atoms with Crippen molar-refractivity contribution < 1.29 is 28.7 Å². The van der Waals surface area contributed by atoms with Crippen molar-refractivity contribution in [3.8, 4) is 0 Å². The largest absolute Gasteiger partial charge is 0.474 e. The van der Waals surface area contributed by atoms with E-state index in [0.29, 0.717) is 22.9 Å². The zero-order valence-corrected chi connectivity index (χ0v) is 32.4. The molecule has 8 bridgehead atoms. The van der Waals surface area contributed by atoms with Gasteiger partial charge in [-0.3, -0.25) is 19.2 Å². The molecule has 9 atom stereocenters. The number of amides is 4. The second-order valence-corrected chi connectivity index (χ2v) is 15.9. The highest BCUT2D eigenvalue weighted by atomic mass is 32.1. The predicted octanol–water partition coefficient (Wildman–Crippen LogP) is 4.16. The fraction of sp³-hybridized carbons (Fsp3) is 0.514. The van der Waals surface area contributed by atoms with Gasteiger partial charge in [0.25, 0.3) is 11.8 Å². The molecule has 3 aromatic rings. The first-order valence-electron chi connectivity index (χ1n) is 18.0. The minimum Gasteiger partial charge on any atom is -0.474 e. The van der Waals surface area contributed by atoms with E-state index in [0.717, 1.165) is 5.56 Å². The van der Waals surface area contributed by atoms with Gasteiger partial charge in [-0.25, -0.2) is 20.0 Å². The standard InChI is InChI=1S/C37H46N8O6S2/c1-8-18(4)27-35-45-29(21(7)51-35)33(49)39-23(14-22-12-10-9-11-13-22)37-41-25(16-53-37)30(46)42-26(17(2)3)34-44-28(20(6)50-34)32(48)38-19(5)36-40-24(15-52-36)31(47)43-27/h9-13,15-21,23,26-29H,8,14H2,1-7H3,(H,38,48)(H,39,49)(H,42,46)(H,43,47)/t18-,19+,20+,21+,23+,26-,27-,28-,29-/m0/s1. The Hall–Kier alpha value is -4.70. The van der Waals surface area contributed by atoms with Gasteiger partial charge in [-0.05, 0) is 44.6 Å². The number of nitrogens with one attached hydrogen (secondary N) is 4. The van der Waals surface area contributed by atoms with Crippen LogP contribution in [0.1, 0.15) is 104 Å². The van der Waals surface area contributed by atoms with Crippen molar-refractivity contribution in [2.75, 3.05) is 0 Å². The molecule has 53 heavy (non-hydrogen) atoms. The van der Waals surface area contributed by atoms with E-state index in [2.05, 4.69) is 31.2 Å². The van der Waals surface area contributed by atoms with Gasteiger partial charge in [-0.2, -0.15) is 0 Å². The van der Waals surface area contributed by atoms with Gasteiger partial charge >= 0.3 is 0 Å². The number of carbonyl (C=O) groups is 4. The molecule has 1 aromatic carbocycles. The Morgan fingerprint density at radius 2 is 1.25 bits per heavy atom. The molecule has 5 heterocycles. The average molecular weight is 763 g/mol. The van der Waals surface area contributed by atoms with E-state index >= 15 is 0 Å². The van der Waals surface area contributed by atoms with Crippen molar-refractivity contribution in [2.24, 2.45) is 21.8 Å². The van der Waals surface area contributed by atoms with Crippen LogP contribution in [0.5, 0.6) is 0 Å². The van der Waals surface area contributed by atoms with Gasteiger partial charge < -0.3 is 30.7 Å². The molecule has 3 aliphatic heterocycles. The van der Waals surface area contributed by atoms with Gasteiger partial charge in [0, 0.05) is 10.8 Å². The van der Waals surface area contributed by atoms with E-state index in [1.807, 2.05) is 58.0 Å². The summed E-state index contributed by atoms with van der Waals surface area (Å²) in [6.07, 6.45) is -0.0741. The smallest absolute Gasteiger partial charge is 0.271 e. The third-order valence-corrected chi connectivity index (χ3v) is 11.7. The summed E-state index contributed by atoms with van der Waals surface area (Å²) in [7, 11) is 0. The van der Waals surface area contributed by atoms with E-state index in [1.165, 1.54) is 22.7 Å². The van der Waals surface area contributed by atoms with Crippen molar-refractivity contribution in [3.05, 3.63) is 68.1 Å². The van der Waals surface area contributed by atoms with Crippen LogP contribution in [0.4, 0.5) is 0 Å². The Morgan fingerprint density at radius 3 is 1.83 bits per heavy atom. The molecule has 282 valence electrons. The highest BCUT2D eigenvalue weighted by molar-refractivity contribution is 7.10. The Kier molecular flexibility index (Phi) is 11.6. The highest BCUT2D eigenvalue weighted by Gasteiger charge is 2.41. The molecule has 0 radical (unpaired) electrons. The quantitative estimate of drug-likeness (QED) is 0.299. The van der Waals surface area contributed by atoms with Crippen molar-refractivity contribution in [1.29, 1.82) is 0 Å². The van der Waals surface area contributed by atoms with E-state index in [9.17, 15) is 19.2 Å². The van der Waals surface area contributed by atoms with Crippen LogP contribution in [-0.4, -0.2) is 81.8 Å². The second-order valence-electron chi connectivity index (χ2n) is 14.1. The summed E-state index contributed by atoms with van der Waals surface area (Å²) in [5.41, 5.74) is 1.34. The van der Waals surface area contributed by atoms with Gasteiger partial charge in [0.2, 0.25) is 23.6 Å². The van der Waals surface area contributed by atoms with Crippen LogP contribution in [-0.2, 0) is 25.5 Å². The van der Waals surface area contributed by atoms with Crippen molar-refractivity contribution >= 4 is 58.1 Å². The number of hydrogen-bond acceptors (Lipinski definition) is 12. The molecule has 0 spiro atoms. The minimum absolute atomic E-state index is 0.0799. The van der Waals surface area contributed by atoms with Crippen LogP contribution >= 0.6 is 22.7 Å². The number of nitrogens with zero attached hydrogens (tertiary/aromatic N) is 4. The third kappa shape index (κ3) is 8.43. The summed E-state index contributed by atoms with van der Waals surface area (Å²) in [6.45, 7) is 13.1. The Balaban J connectivity index is 1.37. The molecule has 16 heteroatoms. The number of aliphatic imine (C=N–C) groups is 2. The second kappa shape index (κ2) is 16.1. The maximum absolute atomic E-state index is 14.0. The van der Waals surface area contributed by atoms with Gasteiger partial charge in [0.1, 0.15) is 45.7 Å². The normalized spacial score (nSPS) is 28.7. The first kappa shape index (κ1) is 38.0. The minimum atomic E-state index is -0.888. The van der Waals surface area contributed by atoms with Crippen molar-refractivity contribution in [2.45, 2.75) is 110 Å². The van der Waals surface area contributed by atoms with E-state index in [1.54, 1.807) is 31.5 Å². The molecular weight excluding hydrogens is 717 g/mol. The lowest BCUT2D eigenvalue weighted by Crippen LogP contribution is -2.45. The summed E-state index contributed by atoms with van der Waals surface area (Å²) in [6, 6.07) is 5.59. The summed E-state index contributed by atoms with van der Waals surface area (Å²) < 4.78 is 12.2. The maximum atomic E-state index is 14.0. The van der Waals surface area contributed by atoms with Crippen LogP contribution in [0.3, 0.4) is 0 Å². The molecule has 0 aliphatic carbocycles. The Labute approximate surface area is 316 Å². The number of benzene rings is 1. The van der Waals surface area contributed by atoms with Crippen LogP contribution in [0, 0.1) is 11.8 Å². The molecule has 2 aromatic heterocycles. The molecule has 6 rings (SSSR count). The molecule has 0 saturated heterocycles. The van der Waals surface area contributed by atoms with E-state index in [4.69, 9.17) is 19.5 Å². The van der Waals surface area contributed by atoms with Crippen LogP contribution < -0.4 is 21.3 Å². The fourth-order valence-corrected chi connectivity index (χ4v) is 8.00. The fourth-order valence-electron chi connectivity index (χ4n) is 6.34. The van der Waals surface area contributed by atoms with Gasteiger partial charge in [0.05, 0.1) is 12.1 Å². The topological polar surface area (TPSA) is 185 Å². The highest BCUT2D eigenvalue weighted by Crippen LogP contribution is 2.27.